The molecule has 1 atom stereocenters. The largest absolute Gasteiger partial charge is 0.468 e. The maximum absolute atomic E-state index is 13.3. The third-order valence-electron chi connectivity index (χ3n) is 5.25. The Bertz CT molecular complexity index is 1340. The summed E-state index contributed by atoms with van der Waals surface area (Å²) in [5, 5.41) is 19.8. The van der Waals surface area contributed by atoms with Crippen LogP contribution >= 0.6 is 23.4 Å². The molecule has 0 aliphatic carbocycles. The second-order valence-corrected chi connectivity index (χ2v) is 9.00. The average molecular weight is 505 g/mol. The zero-order valence-electron chi connectivity index (χ0n) is 18.7. The van der Waals surface area contributed by atoms with Gasteiger partial charge in [-0.25, -0.2) is 0 Å². The van der Waals surface area contributed by atoms with Crippen LogP contribution in [0.25, 0.3) is 0 Å². The lowest BCUT2D eigenvalue weighted by molar-refractivity contribution is -0.114. The van der Waals surface area contributed by atoms with E-state index in [1.165, 1.54) is 18.0 Å². The fraction of sp³-hybridized carbons (Fsp3) is 0.115. The molecule has 1 aliphatic heterocycles. The summed E-state index contributed by atoms with van der Waals surface area (Å²) >= 11 is 7.29. The summed E-state index contributed by atoms with van der Waals surface area (Å²) in [4.78, 5) is 25.8. The Morgan fingerprint density at radius 2 is 1.83 bits per heavy atom. The van der Waals surface area contributed by atoms with Gasteiger partial charge in [-0.2, -0.15) is 5.26 Å². The summed E-state index contributed by atoms with van der Waals surface area (Å²) in [6, 6.07) is 21.7. The van der Waals surface area contributed by atoms with Crippen molar-refractivity contribution >= 4 is 46.6 Å². The van der Waals surface area contributed by atoms with Gasteiger partial charge in [0.15, 0.2) is 0 Å². The number of carbonyl (C=O) groups excluding carboxylic acids is 2. The van der Waals surface area contributed by atoms with Gasteiger partial charge in [-0.05, 0) is 43.3 Å². The zero-order chi connectivity index (χ0) is 24.8. The number of anilines is 2. The molecule has 0 radical (unpaired) electrons. The van der Waals surface area contributed by atoms with Crippen molar-refractivity contribution in [3.63, 3.8) is 0 Å². The van der Waals surface area contributed by atoms with Gasteiger partial charge in [0.2, 0.25) is 5.91 Å². The number of halogens is 1. The lowest BCUT2D eigenvalue weighted by Gasteiger charge is -2.28. The number of carbonyl (C=O) groups is 2. The molecule has 2 amide bonds. The second-order valence-electron chi connectivity index (χ2n) is 7.60. The molecule has 7 nitrogen and oxygen atoms in total. The van der Waals surface area contributed by atoms with Crippen molar-refractivity contribution in [1.82, 2.24) is 5.32 Å². The number of thioether (sulfide) groups is 1. The first-order chi connectivity index (χ1) is 17.0. The van der Waals surface area contributed by atoms with Crippen molar-refractivity contribution in [2.75, 3.05) is 16.4 Å². The molecular formula is C26H21ClN4O3S. The van der Waals surface area contributed by atoms with E-state index in [2.05, 4.69) is 22.0 Å². The maximum atomic E-state index is 13.3. The molecule has 0 fully saturated rings. The number of allylic oxidation sites excluding steroid dienone is 2. The van der Waals surface area contributed by atoms with Crippen LogP contribution in [-0.2, 0) is 9.59 Å². The van der Waals surface area contributed by atoms with E-state index in [9.17, 15) is 14.9 Å². The van der Waals surface area contributed by atoms with Gasteiger partial charge in [-0.1, -0.05) is 53.7 Å². The highest BCUT2D eigenvalue weighted by atomic mass is 35.5. The average Bonchev–Trinajstić information content (AvgIpc) is 3.39. The molecule has 176 valence electrons. The Labute approximate surface area is 211 Å². The number of rotatable bonds is 7. The molecule has 4 rings (SSSR count). The Balaban J connectivity index is 1.58. The van der Waals surface area contributed by atoms with Crippen molar-refractivity contribution in [2.24, 2.45) is 0 Å². The summed E-state index contributed by atoms with van der Waals surface area (Å²) in [5.74, 6) is -0.870. The first kappa shape index (κ1) is 24.2. The first-order valence-corrected chi connectivity index (χ1v) is 12.0. The summed E-state index contributed by atoms with van der Waals surface area (Å²) in [6.07, 6.45) is 1.50. The Morgan fingerprint density at radius 1 is 1.09 bits per heavy atom. The number of benzene rings is 2. The van der Waals surface area contributed by atoms with Crippen LogP contribution in [0, 0.1) is 11.3 Å². The van der Waals surface area contributed by atoms with Crippen LogP contribution in [0.5, 0.6) is 0 Å². The third kappa shape index (κ3) is 5.60. The lowest BCUT2D eigenvalue weighted by Crippen LogP contribution is -2.31. The van der Waals surface area contributed by atoms with E-state index < -0.39 is 5.92 Å². The predicted molar refractivity (Wildman–Crippen MR) is 138 cm³/mol. The molecule has 0 saturated heterocycles. The van der Waals surface area contributed by atoms with Crippen molar-refractivity contribution < 1.29 is 14.0 Å². The summed E-state index contributed by atoms with van der Waals surface area (Å²) in [7, 11) is 0. The first-order valence-electron chi connectivity index (χ1n) is 10.7. The summed E-state index contributed by atoms with van der Waals surface area (Å²) in [6.45, 7) is 1.76. The van der Waals surface area contributed by atoms with Crippen LogP contribution < -0.4 is 16.0 Å². The molecular weight excluding hydrogens is 484 g/mol. The molecule has 1 aliphatic rings. The van der Waals surface area contributed by atoms with Gasteiger partial charge >= 0.3 is 0 Å². The lowest BCUT2D eigenvalue weighted by atomic mass is 9.85. The molecule has 3 N–H and O–H groups in total. The third-order valence-corrected chi connectivity index (χ3v) is 6.59. The molecule has 2 aromatic carbocycles. The van der Waals surface area contributed by atoms with Crippen molar-refractivity contribution in [2.45, 2.75) is 12.8 Å². The standard InChI is InChI=1S/C26H21ClN4O3S/c1-16-23(25(33)30-17-8-3-2-4-9-17)24(21-12-7-13-34-21)18(14-28)26(29-16)35-15-22(32)31-20-11-6-5-10-19(20)27/h2-13,24,29H,15H2,1H3,(H,30,33)(H,31,32). The minimum absolute atomic E-state index is 0.0302. The number of amides is 2. The van der Waals surface area contributed by atoms with Crippen LogP contribution in [0.1, 0.15) is 18.6 Å². The number of nitrogens with one attached hydrogen (secondary N) is 3. The van der Waals surface area contributed by atoms with E-state index in [1.807, 2.05) is 18.2 Å². The van der Waals surface area contributed by atoms with Gasteiger partial charge in [-0.15, -0.1) is 0 Å². The minimum Gasteiger partial charge on any atom is -0.468 e. The molecule has 9 heteroatoms. The molecule has 1 aromatic heterocycles. The SMILES string of the molecule is CC1=C(C(=O)Nc2ccccc2)C(c2ccco2)C(C#N)=C(SCC(=O)Nc2ccccc2Cl)N1. The molecule has 2 heterocycles. The van der Waals surface area contributed by atoms with Gasteiger partial charge in [0.05, 0.1) is 50.9 Å². The number of nitrogens with zero attached hydrogens (tertiary/aromatic N) is 1. The van der Waals surface area contributed by atoms with Gasteiger partial charge in [-0.3, -0.25) is 9.59 Å². The maximum Gasteiger partial charge on any atom is 0.254 e. The summed E-state index contributed by atoms with van der Waals surface area (Å²) in [5.41, 5.74) is 2.36. The van der Waals surface area contributed by atoms with Crippen LogP contribution in [0.4, 0.5) is 11.4 Å². The van der Waals surface area contributed by atoms with Crippen molar-refractivity contribution in [1.29, 1.82) is 5.26 Å². The minimum atomic E-state index is -0.728. The smallest absolute Gasteiger partial charge is 0.254 e. The molecule has 35 heavy (non-hydrogen) atoms. The van der Waals surface area contributed by atoms with E-state index in [1.54, 1.807) is 55.5 Å². The number of hydrogen-bond donors (Lipinski definition) is 3. The van der Waals surface area contributed by atoms with Crippen LogP contribution in [-0.4, -0.2) is 17.6 Å². The van der Waals surface area contributed by atoms with E-state index in [0.717, 1.165) is 0 Å². The molecule has 3 aromatic rings. The summed E-state index contributed by atoms with van der Waals surface area (Å²) < 4.78 is 5.62. The quantitative estimate of drug-likeness (QED) is 0.384. The highest BCUT2D eigenvalue weighted by Crippen LogP contribution is 2.41. The van der Waals surface area contributed by atoms with Crippen LogP contribution in [0.2, 0.25) is 5.02 Å². The topological polar surface area (TPSA) is 107 Å². The molecule has 0 spiro atoms. The van der Waals surface area contributed by atoms with E-state index in [-0.39, 0.29) is 17.6 Å². The number of hydrogen-bond acceptors (Lipinski definition) is 6. The van der Waals surface area contributed by atoms with Gasteiger partial charge in [0, 0.05) is 11.4 Å². The number of dihydropyridines is 1. The highest BCUT2D eigenvalue weighted by molar-refractivity contribution is 8.03. The van der Waals surface area contributed by atoms with Gasteiger partial charge < -0.3 is 20.4 Å². The number of para-hydroxylation sites is 2. The fourth-order valence-electron chi connectivity index (χ4n) is 3.67. The van der Waals surface area contributed by atoms with E-state index >= 15 is 0 Å². The van der Waals surface area contributed by atoms with Gasteiger partial charge in [0.25, 0.3) is 5.91 Å². The van der Waals surface area contributed by atoms with Crippen molar-refractivity contribution in [3.8, 4) is 6.07 Å². The highest BCUT2D eigenvalue weighted by Gasteiger charge is 2.36. The van der Waals surface area contributed by atoms with Crippen LogP contribution in [0.3, 0.4) is 0 Å². The molecule has 0 bridgehead atoms. The molecule has 0 saturated carbocycles. The van der Waals surface area contributed by atoms with E-state index in [4.69, 9.17) is 16.0 Å². The Morgan fingerprint density at radius 3 is 2.51 bits per heavy atom. The number of furan rings is 1. The van der Waals surface area contributed by atoms with E-state index in [0.29, 0.717) is 44.0 Å². The van der Waals surface area contributed by atoms with Gasteiger partial charge in [0.1, 0.15) is 5.76 Å². The predicted octanol–water partition coefficient (Wildman–Crippen LogP) is 5.64. The Kier molecular flexibility index (Phi) is 7.60. The monoisotopic (exact) mass is 504 g/mol. The fourth-order valence-corrected chi connectivity index (χ4v) is 4.75. The van der Waals surface area contributed by atoms with Crippen molar-refractivity contribution in [3.05, 3.63) is 106 Å². The molecule has 1 unspecified atom stereocenters. The normalized spacial score (nSPS) is 15.3. The zero-order valence-corrected chi connectivity index (χ0v) is 20.2. The van der Waals surface area contributed by atoms with Crippen LogP contribution in [0.15, 0.2) is 99.3 Å². The Hall–Kier alpha value is -3.93. The second kappa shape index (κ2) is 11.0. The number of nitriles is 1.